The van der Waals surface area contributed by atoms with Crippen molar-refractivity contribution >= 4 is 17.3 Å². The molecule has 0 spiro atoms. The molecular formula is C24H27FN6O. The van der Waals surface area contributed by atoms with E-state index >= 15 is 0 Å². The van der Waals surface area contributed by atoms with Gasteiger partial charge in [0.2, 0.25) is 0 Å². The maximum absolute atomic E-state index is 14.6. The Kier molecular flexibility index (Phi) is 5.66. The Bertz CT molecular complexity index is 1140. The van der Waals surface area contributed by atoms with Gasteiger partial charge in [-0.3, -0.25) is 5.41 Å². The van der Waals surface area contributed by atoms with Crippen molar-refractivity contribution in [3.8, 4) is 0 Å². The van der Waals surface area contributed by atoms with Gasteiger partial charge in [0.15, 0.2) is 5.82 Å². The van der Waals surface area contributed by atoms with Gasteiger partial charge in [-0.2, -0.15) is 0 Å². The zero-order valence-corrected chi connectivity index (χ0v) is 17.9. The third kappa shape index (κ3) is 3.83. The number of hydrogen-bond acceptors (Lipinski definition) is 7. The molecule has 2 atom stereocenters. The number of nitrogens with two attached hydrogens (primary N) is 2. The lowest BCUT2D eigenvalue weighted by Crippen LogP contribution is -2.65. The van der Waals surface area contributed by atoms with Gasteiger partial charge in [-0.1, -0.05) is 30.3 Å². The number of aromatic nitrogens is 2. The predicted octanol–water partition coefficient (Wildman–Crippen LogP) is 2.82. The van der Waals surface area contributed by atoms with Crippen LogP contribution in [0.15, 0.2) is 60.8 Å². The van der Waals surface area contributed by atoms with E-state index in [4.69, 9.17) is 16.9 Å². The summed E-state index contributed by atoms with van der Waals surface area (Å²) in [5.74, 6) is 0.0169. The van der Waals surface area contributed by atoms with E-state index in [1.54, 1.807) is 25.1 Å². The third-order valence-electron chi connectivity index (χ3n) is 6.33. The fourth-order valence-corrected chi connectivity index (χ4v) is 4.27. The summed E-state index contributed by atoms with van der Waals surface area (Å²) in [5.41, 5.74) is 11.2. The van der Waals surface area contributed by atoms with Crippen LogP contribution in [0.25, 0.3) is 0 Å². The molecule has 0 radical (unpaired) electrons. The van der Waals surface area contributed by atoms with Crippen LogP contribution < -0.4 is 16.4 Å². The van der Waals surface area contributed by atoms with Gasteiger partial charge in [-0.05, 0) is 49.6 Å². The molecule has 8 heteroatoms. The molecule has 1 aliphatic rings. The first kappa shape index (κ1) is 21.9. The van der Waals surface area contributed by atoms with Gasteiger partial charge in [0, 0.05) is 24.8 Å². The second-order valence-corrected chi connectivity index (χ2v) is 8.43. The molecule has 2 unspecified atom stereocenters. The summed E-state index contributed by atoms with van der Waals surface area (Å²) in [5, 5.41) is 19.9. The van der Waals surface area contributed by atoms with Gasteiger partial charge >= 0.3 is 0 Å². The Hall–Kier alpha value is -3.36. The van der Waals surface area contributed by atoms with E-state index in [9.17, 15) is 9.50 Å². The van der Waals surface area contributed by atoms with E-state index in [0.717, 1.165) is 12.0 Å². The molecule has 3 heterocycles. The summed E-state index contributed by atoms with van der Waals surface area (Å²) in [6, 6.07) is 15.5. The molecule has 1 aromatic carbocycles. The molecule has 0 bridgehead atoms. The van der Waals surface area contributed by atoms with E-state index in [1.165, 1.54) is 12.3 Å². The average Bonchev–Trinajstić information content (AvgIpc) is 2.80. The molecule has 6 N–H and O–H groups in total. The first-order chi connectivity index (χ1) is 15.2. The molecule has 1 saturated heterocycles. The number of anilines is 2. The van der Waals surface area contributed by atoms with Crippen LogP contribution in [0.1, 0.15) is 36.6 Å². The zero-order chi connectivity index (χ0) is 22.9. The molecule has 3 aromatic rings. The molecule has 0 amide bonds. The lowest BCUT2D eigenvalue weighted by atomic mass is 9.72. The van der Waals surface area contributed by atoms with Crippen LogP contribution in [-0.4, -0.2) is 39.4 Å². The van der Waals surface area contributed by atoms with Crippen LogP contribution in [0, 0.1) is 11.2 Å². The first-order valence-electron chi connectivity index (χ1n) is 10.5. The largest absolute Gasteiger partial charge is 0.383 e. The Morgan fingerprint density at radius 1 is 1.19 bits per heavy atom. The number of hydrogen-bond donors (Lipinski definition) is 4. The van der Waals surface area contributed by atoms with Gasteiger partial charge in [-0.15, -0.1) is 0 Å². The predicted molar refractivity (Wildman–Crippen MR) is 123 cm³/mol. The van der Waals surface area contributed by atoms with Gasteiger partial charge < -0.3 is 21.5 Å². The van der Waals surface area contributed by atoms with E-state index in [2.05, 4.69) is 9.97 Å². The topological polar surface area (TPSA) is 125 Å². The molecule has 1 fully saturated rings. The minimum absolute atomic E-state index is 0.106. The Labute approximate surface area is 186 Å². The van der Waals surface area contributed by atoms with E-state index in [1.807, 2.05) is 35.2 Å². The number of nitrogens with one attached hydrogen (secondary N) is 1. The molecule has 0 saturated carbocycles. The first-order valence-corrected chi connectivity index (χ1v) is 10.5. The molecule has 2 aromatic heterocycles. The van der Waals surface area contributed by atoms with Crippen LogP contribution in [0.2, 0.25) is 0 Å². The van der Waals surface area contributed by atoms with Crippen LogP contribution in [0.5, 0.6) is 0 Å². The molecule has 0 aliphatic carbocycles. The quantitative estimate of drug-likeness (QED) is 0.458. The highest BCUT2D eigenvalue weighted by Crippen LogP contribution is 2.38. The standard InChI is InChI=1S/C24H27FN6O/c1-23(32,16-7-3-2-4-8-16)24(28)12-6-14-31(15-24)19-11-10-18(25)21(30-19)20(26)17-9-5-13-29-22(17)27/h2-5,7-11,13,26,32H,6,12,14-15,28H2,1H3,(H2,27,29). The number of halogens is 1. The van der Waals surface area contributed by atoms with Crippen molar-refractivity contribution in [2.24, 2.45) is 5.73 Å². The summed E-state index contributed by atoms with van der Waals surface area (Å²) >= 11 is 0. The number of rotatable bonds is 5. The Morgan fingerprint density at radius 2 is 1.94 bits per heavy atom. The van der Waals surface area contributed by atoms with Crippen LogP contribution in [0.3, 0.4) is 0 Å². The Balaban J connectivity index is 1.65. The normalized spacial score (nSPS) is 20.6. The molecule has 32 heavy (non-hydrogen) atoms. The van der Waals surface area contributed by atoms with Crippen LogP contribution in [-0.2, 0) is 5.60 Å². The number of nitrogens with zero attached hydrogens (tertiary/aromatic N) is 3. The highest BCUT2D eigenvalue weighted by Gasteiger charge is 2.48. The number of nitrogen functional groups attached to an aromatic ring is 1. The maximum atomic E-state index is 14.6. The zero-order valence-electron chi connectivity index (χ0n) is 17.9. The third-order valence-corrected chi connectivity index (χ3v) is 6.33. The van der Waals surface area contributed by atoms with Gasteiger partial charge in [0.05, 0.1) is 11.3 Å². The summed E-state index contributed by atoms with van der Waals surface area (Å²) in [6.07, 6.45) is 2.88. The summed E-state index contributed by atoms with van der Waals surface area (Å²) in [6.45, 7) is 2.72. The maximum Gasteiger partial charge on any atom is 0.151 e. The summed E-state index contributed by atoms with van der Waals surface area (Å²) < 4.78 is 14.6. The lowest BCUT2D eigenvalue weighted by Gasteiger charge is -2.49. The lowest BCUT2D eigenvalue weighted by molar-refractivity contribution is -0.0312. The van der Waals surface area contributed by atoms with Crippen LogP contribution >= 0.6 is 0 Å². The van der Waals surface area contributed by atoms with Gasteiger partial charge in [0.1, 0.15) is 22.9 Å². The summed E-state index contributed by atoms with van der Waals surface area (Å²) in [7, 11) is 0. The van der Waals surface area contributed by atoms with E-state index in [-0.39, 0.29) is 17.2 Å². The number of aliphatic hydroxyl groups is 1. The number of pyridine rings is 2. The second kappa shape index (κ2) is 8.29. The molecule has 4 rings (SSSR count). The smallest absolute Gasteiger partial charge is 0.151 e. The molecule has 166 valence electrons. The molecule has 7 nitrogen and oxygen atoms in total. The number of benzene rings is 1. The van der Waals surface area contributed by atoms with Crippen LogP contribution in [0.4, 0.5) is 16.0 Å². The van der Waals surface area contributed by atoms with Crippen molar-refractivity contribution in [3.63, 3.8) is 0 Å². The second-order valence-electron chi connectivity index (χ2n) is 8.43. The fraction of sp³-hybridized carbons (Fsp3) is 0.292. The van der Waals surface area contributed by atoms with E-state index < -0.39 is 17.0 Å². The fourth-order valence-electron chi connectivity index (χ4n) is 4.27. The molecule has 1 aliphatic heterocycles. The minimum Gasteiger partial charge on any atom is -0.383 e. The van der Waals surface area contributed by atoms with Crippen molar-refractivity contribution < 1.29 is 9.50 Å². The average molecular weight is 435 g/mol. The van der Waals surface area contributed by atoms with E-state index in [0.29, 0.717) is 30.9 Å². The van der Waals surface area contributed by atoms with Gasteiger partial charge in [-0.25, -0.2) is 14.4 Å². The van der Waals surface area contributed by atoms with Crippen molar-refractivity contribution in [2.45, 2.75) is 30.9 Å². The molecular weight excluding hydrogens is 407 g/mol. The van der Waals surface area contributed by atoms with Crippen molar-refractivity contribution in [1.82, 2.24) is 9.97 Å². The van der Waals surface area contributed by atoms with Crippen molar-refractivity contribution in [2.75, 3.05) is 23.7 Å². The summed E-state index contributed by atoms with van der Waals surface area (Å²) in [4.78, 5) is 10.3. The van der Waals surface area contributed by atoms with Crippen molar-refractivity contribution in [3.05, 3.63) is 83.4 Å². The van der Waals surface area contributed by atoms with Gasteiger partial charge in [0.25, 0.3) is 0 Å². The minimum atomic E-state index is -1.27. The highest BCUT2D eigenvalue weighted by atomic mass is 19.1. The SMILES string of the molecule is CC(O)(c1ccccc1)C1(N)CCCN(c2ccc(F)c(C(=N)c3cccnc3N)n2)C1. The highest BCUT2D eigenvalue weighted by molar-refractivity contribution is 6.12. The number of piperidine rings is 1. The van der Waals surface area contributed by atoms with Crippen molar-refractivity contribution in [1.29, 1.82) is 5.41 Å². The Morgan fingerprint density at radius 3 is 2.66 bits per heavy atom. The monoisotopic (exact) mass is 434 g/mol.